The minimum absolute atomic E-state index is 0.0351. The number of rotatable bonds is 5. The Kier molecular flexibility index (Phi) is 4.70. The maximum absolute atomic E-state index is 12.4. The van der Waals surface area contributed by atoms with Crippen LogP contribution < -0.4 is 5.32 Å². The van der Waals surface area contributed by atoms with Crippen LogP contribution >= 0.6 is 11.6 Å². The average molecular weight is 313 g/mol. The molecule has 0 aliphatic heterocycles. The van der Waals surface area contributed by atoms with Crippen molar-refractivity contribution in [2.75, 3.05) is 5.32 Å². The second-order valence-corrected chi connectivity index (χ2v) is 4.72. The molecule has 0 spiro atoms. The zero-order valence-electron chi connectivity index (χ0n) is 10.7. The first-order chi connectivity index (χ1) is 9.97. The molecule has 0 atom stereocenters. The Bertz CT molecular complexity index is 648. The van der Waals surface area contributed by atoms with Gasteiger partial charge in [-0.25, -0.2) is 8.78 Å². The van der Waals surface area contributed by atoms with Crippen molar-refractivity contribution in [2.45, 2.75) is 13.0 Å². The average Bonchev–Trinajstić information content (AvgIpc) is 2.46. The van der Waals surface area contributed by atoms with E-state index < -0.39 is 11.3 Å². The lowest BCUT2D eigenvalue weighted by molar-refractivity contribution is -0.384. The van der Waals surface area contributed by atoms with E-state index in [0.717, 1.165) is 5.56 Å². The van der Waals surface area contributed by atoms with Crippen molar-refractivity contribution < 1.29 is 13.7 Å². The van der Waals surface area contributed by atoms with Gasteiger partial charge in [0.15, 0.2) is 0 Å². The van der Waals surface area contributed by atoms with Gasteiger partial charge in [-0.05, 0) is 11.6 Å². The fourth-order valence-electron chi connectivity index (χ4n) is 1.74. The summed E-state index contributed by atoms with van der Waals surface area (Å²) >= 11 is 5.94. The molecule has 0 radical (unpaired) electrons. The predicted octanol–water partition coefficient (Wildman–Crippen LogP) is 4.80. The molecule has 110 valence electrons. The molecule has 0 heterocycles. The van der Waals surface area contributed by atoms with Gasteiger partial charge in [0, 0.05) is 24.2 Å². The highest BCUT2D eigenvalue weighted by Crippen LogP contribution is 2.27. The van der Waals surface area contributed by atoms with Gasteiger partial charge in [-0.15, -0.1) is 0 Å². The van der Waals surface area contributed by atoms with Crippen LogP contribution in [-0.4, -0.2) is 4.92 Å². The van der Waals surface area contributed by atoms with Gasteiger partial charge in [0.25, 0.3) is 12.1 Å². The number of anilines is 1. The fraction of sp³-hybridized carbons (Fsp3) is 0.143. The van der Waals surface area contributed by atoms with Crippen molar-refractivity contribution in [2.24, 2.45) is 0 Å². The molecule has 0 saturated carbocycles. The third-order valence-corrected chi connectivity index (χ3v) is 3.19. The van der Waals surface area contributed by atoms with Crippen LogP contribution in [0.3, 0.4) is 0 Å². The van der Waals surface area contributed by atoms with Crippen molar-refractivity contribution in [3.8, 4) is 0 Å². The van der Waals surface area contributed by atoms with Gasteiger partial charge >= 0.3 is 0 Å². The van der Waals surface area contributed by atoms with E-state index in [1.165, 1.54) is 30.3 Å². The number of halogens is 3. The van der Waals surface area contributed by atoms with E-state index in [2.05, 4.69) is 5.32 Å². The monoisotopic (exact) mass is 312 g/mol. The maximum Gasteiger partial charge on any atom is 0.271 e. The standard InChI is InChI=1S/C14H11ClF2N2O2/c15-12-7-11(19(20)21)5-6-13(12)18-8-9-1-3-10(4-2-9)14(16)17/h1-7,14,18H,8H2. The predicted molar refractivity (Wildman–Crippen MR) is 76.8 cm³/mol. The summed E-state index contributed by atoms with van der Waals surface area (Å²) < 4.78 is 24.8. The van der Waals surface area contributed by atoms with Crippen molar-refractivity contribution >= 4 is 23.0 Å². The topological polar surface area (TPSA) is 55.2 Å². The highest BCUT2D eigenvalue weighted by molar-refractivity contribution is 6.33. The Morgan fingerprint density at radius 3 is 2.38 bits per heavy atom. The number of hydrogen-bond acceptors (Lipinski definition) is 3. The minimum atomic E-state index is -2.49. The number of nitrogens with one attached hydrogen (secondary N) is 1. The summed E-state index contributed by atoms with van der Waals surface area (Å²) in [6, 6.07) is 10.0. The smallest absolute Gasteiger partial charge is 0.271 e. The molecular weight excluding hydrogens is 302 g/mol. The first kappa shape index (κ1) is 15.2. The fourth-order valence-corrected chi connectivity index (χ4v) is 1.98. The molecular formula is C14H11ClF2N2O2. The Labute approximate surface area is 124 Å². The lowest BCUT2D eigenvalue weighted by Crippen LogP contribution is -2.00. The molecule has 21 heavy (non-hydrogen) atoms. The van der Waals surface area contributed by atoms with E-state index in [-0.39, 0.29) is 16.3 Å². The number of nitrogens with zero attached hydrogens (tertiary/aromatic N) is 1. The highest BCUT2D eigenvalue weighted by Gasteiger charge is 2.09. The van der Waals surface area contributed by atoms with E-state index in [4.69, 9.17) is 11.6 Å². The Balaban J connectivity index is 2.04. The number of nitro groups is 1. The van der Waals surface area contributed by atoms with E-state index in [0.29, 0.717) is 12.2 Å². The van der Waals surface area contributed by atoms with Gasteiger partial charge in [-0.2, -0.15) is 0 Å². The molecule has 0 bridgehead atoms. The number of non-ortho nitro benzene ring substituents is 1. The lowest BCUT2D eigenvalue weighted by atomic mass is 10.1. The van der Waals surface area contributed by atoms with Crippen molar-refractivity contribution in [1.29, 1.82) is 0 Å². The minimum Gasteiger partial charge on any atom is -0.380 e. The lowest BCUT2D eigenvalue weighted by Gasteiger charge is -2.09. The van der Waals surface area contributed by atoms with E-state index in [9.17, 15) is 18.9 Å². The normalized spacial score (nSPS) is 10.7. The third kappa shape index (κ3) is 3.88. The molecule has 4 nitrogen and oxygen atoms in total. The van der Waals surface area contributed by atoms with Crippen LogP contribution in [0.1, 0.15) is 17.6 Å². The summed E-state index contributed by atoms with van der Waals surface area (Å²) in [6.45, 7) is 0.376. The molecule has 2 rings (SSSR count). The van der Waals surface area contributed by atoms with Crippen LogP contribution in [0.5, 0.6) is 0 Å². The molecule has 2 aromatic rings. The van der Waals surface area contributed by atoms with E-state index in [1.807, 2.05) is 0 Å². The van der Waals surface area contributed by atoms with E-state index in [1.54, 1.807) is 12.1 Å². The van der Waals surface area contributed by atoms with Crippen LogP contribution in [0.4, 0.5) is 20.2 Å². The van der Waals surface area contributed by atoms with Gasteiger partial charge in [0.05, 0.1) is 15.6 Å². The van der Waals surface area contributed by atoms with E-state index >= 15 is 0 Å². The van der Waals surface area contributed by atoms with Crippen LogP contribution in [0.2, 0.25) is 5.02 Å². The first-order valence-electron chi connectivity index (χ1n) is 6.02. The van der Waals surface area contributed by atoms with Crippen LogP contribution in [0.15, 0.2) is 42.5 Å². The number of hydrogen-bond donors (Lipinski definition) is 1. The zero-order chi connectivity index (χ0) is 15.4. The molecule has 7 heteroatoms. The molecule has 0 unspecified atom stereocenters. The maximum atomic E-state index is 12.4. The van der Waals surface area contributed by atoms with Crippen LogP contribution in [0.25, 0.3) is 0 Å². The molecule has 0 fully saturated rings. The second kappa shape index (κ2) is 6.49. The van der Waals surface area contributed by atoms with Crippen LogP contribution in [0, 0.1) is 10.1 Å². The Morgan fingerprint density at radius 2 is 1.86 bits per heavy atom. The van der Waals surface area contributed by atoms with Gasteiger partial charge in [0.2, 0.25) is 0 Å². The zero-order valence-corrected chi connectivity index (χ0v) is 11.5. The summed E-state index contributed by atoms with van der Waals surface area (Å²) in [5, 5.41) is 13.8. The van der Waals surface area contributed by atoms with Crippen molar-refractivity contribution in [3.05, 3.63) is 68.7 Å². The molecule has 0 aliphatic carbocycles. The quantitative estimate of drug-likeness (QED) is 0.637. The molecule has 0 aliphatic rings. The first-order valence-corrected chi connectivity index (χ1v) is 6.40. The Morgan fingerprint density at radius 1 is 1.19 bits per heavy atom. The van der Waals surface area contributed by atoms with Crippen molar-refractivity contribution in [3.63, 3.8) is 0 Å². The summed E-state index contributed by atoms with van der Waals surface area (Å²) in [7, 11) is 0. The summed E-state index contributed by atoms with van der Waals surface area (Å²) in [6.07, 6.45) is -2.49. The van der Waals surface area contributed by atoms with Gasteiger partial charge in [0.1, 0.15) is 0 Å². The second-order valence-electron chi connectivity index (χ2n) is 4.32. The highest BCUT2D eigenvalue weighted by atomic mass is 35.5. The number of benzene rings is 2. The van der Waals surface area contributed by atoms with Gasteiger partial charge < -0.3 is 5.32 Å². The largest absolute Gasteiger partial charge is 0.380 e. The molecule has 0 saturated heterocycles. The summed E-state index contributed by atoms with van der Waals surface area (Å²) in [4.78, 5) is 10.1. The molecule has 0 aromatic heterocycles. The molecule has 2 aromatic carbocycles. The van der Waals surface area contributed by atoms with Gasteiger partial charge in [-0.3, -0.25) is 10.1 Å². The number of alkyl halides is 2. The SMILES string of the molecule is O=[N+]([O-])c1ccc(NCc2ccc(C(F)F)cc2)c(Cl)c1. The molecule has 1 N–H and O–H groups in total. The van der Waals surface area contributed by atoms with Crippen LogP contribution in [-0.2, 0) is 6.54 Å². The third-order valence-electron chi connectivity index (χ3n) is 2.88. The Hall–Kier alpha value is -2.21. The summed E-state index contributed by atoms with van der Waals surface area (Å²) in [5.74, 6) is 0. The van der Waals surface area contributed by atoms with Crippen molar-refractivity contribution in [1.82, 2.24) is 0 Å². The number of nitro benzene ring substituents is 1. The summed E-state index contributed by atoms with van der Waals surface area (Å²) in [5.41, 5.74) is 1.22. The van der Waals surface area contributed by atoms with Gasteiger partial charge in [-0.1, -0.05) is 35.9 Å². The molecule has 0 amide bonds.